The summed E-state index contributed by atoms with van der Waals surface area (Å²) in [5, 5.41) is 6.59. The van der Waals surface area contributed by atoms with E-state index in [9.17, 15) is 9.59 Å². The van der Waals surface area contributed by atoms with Crippen LogP contribution in [-0.4, -0.2) is 27.6 Å². The molecule has 0 aliphatic heterocycles. The fraction of sp³-hybridized carbons (Fsp3) is 0.500. The maximum Gasteiger partial charge on any atom is 0.242 e. The summed E-state index contributed by atoms with van der Waals surface area (Å²) in [5.74, 6) is -0.909. The van der Waals surface area contributed by atoms with Crippen molar-refractivity contribution < 1.29 is 9.59 Å². The number of aromatic nitrogens is 2. The van der Waals surface area contributed by atoms with Crippen LogP contribution in [0.5, 0.6) is 0 Å². The Morgan fingerprint density at radius 3 is 2.47 bits per heavy atom. The van der Waals surface area contributed by atoms with Crippen LogP contribution < -0.4 is 16.8 Å². The van der Waals surface area contributed by atoms with Gasteiger partial charge in [0.1, 0.15) is 12.6 Å². The van der Waals surface area contributed by atoms with Crippen LogP contribution in [0.1, 0.15) is 18.3 Å². The molecule has 7 nitrogen and oxygen atoms in total. The molecule has 1 rings (SSSR count). The first-order valence-electron chi connectivity index (χ1n) is 5.21. The van der Waals surface area contributed by atoms with Gasteiger partial charge >= 0.3 is 0 Å². The Balaban J connectivity index is 2.69. The number of nitrogen functional groups attached to an aromatic ring is 1. The third-order valence-corrected chi connectivity index (χ3v) is 2.54. The van der Waals surface area contributed by atoms with E-state index in [2.05, 4.69) is 10.4 Å². The van der Waals surface area contributed by atoms with Gasteiger partial charge in [-0.1, -0.05) is 0 Å². The highest BCUT2D eigenvalue weighted by molar-refractivity contribution is 5.86. The third-order valence-electron chi connectivity index (χ3n) is 2.54. The van der Waals surface area contributed by atoms with Crippen molar-refractivity contribution in [3.63, 3.8) is 0 Å². The number of nitrogens with two attached hydrogens (primary N) is 2. The molecule has 0 bridgehead atoms. The molecule has 1 atom stereocenters. The molecular weight excluding hydrogens is 222 g/mol. The van der Waals surface area contributed by atoms with Gasteiger partial charge in [0.25, 0.3) is 0 Å². The van der Waals surface area contributed by atoms with Crippen LogP contribution in [0.4, 0.5) is 5.69 Å². The van der Waals surface area contributed by atoms with Crippen molar-refractivity contribution in [3.05, 3.63) is 11.4 Å². The summed E-state index contributed by atoms with van der Waals surface area (Å²) in [4.78, 5) is 22.4. The predicted octanol–water partition coefficient (Wildman–Crippen LogP) is -0.928. The molecule has 0 radical (unpaired) electrons. The molecule has 0 saturated carbocycles. The van der Waals surface area contributed by atoms with Crippen LogP contribution in [0, 0.1) is 13.8 Å². The average molecular weight is 239 g/mol. The van der Waals surface area contributed by atoms with Gasteiger partial charge in [-0.05, 0) is 20.8 Å². The highest BCUT2D eigenvalue weighted by Gasteiger charge is 2.15. The number of nitrogens with zero attached hydrogens (tertiary/aromatic N) is 2. The van der Waals surface area contributed by atoms with Crippen molar-refractivity contribution in [3.8, 4) is 0 Å². The van der Waals surface area contributed by atoms with Gasteiger partial charge in [0, 0.05) is 0 Å². The van der Waals surface area contributed by atoms with Gasteiger partial charge in [-0.3, -0.25) is 14.3 Å². The third kappa shape index (κ3) is 2.96. The predicted molar refractivity (Wildman–Crippen MR) is 62.9 cm³/mol. The number of carbonyl (C=O) groups excluding carboxylic acids is 2. The summed E-state index contributed by atoms with van der Waals surface area (Å²) in [5.41, 5.74) is 12.8. The minimum atomic E-state index is -0.697. The van der Waals surface area contributed by atoms with Crippen molar-refractivity contribution in [1.29, 1.82) is 0 Å². The molecule has 17 heavy (non-hydrogen) atoms. The minimum Gasteiger partial charge on any atom is -0.396 e. The molecule has 5 N–H and O–H groups in total. The topological polar surface area (TPSA) is 116 Å². The SMILES string of the molecule is Cc1nn(CC(=O)NC(C)C(N)=O)c(C)c1N. The number of aryl methyl sites for hydroxylation is 1. The second-order valence-corrected chi connectivity index (χ2v) is 3.93. The zero-order valence-corrected chi connectivity index (χ0v) is 10.2. The van der Waals surface area contributed by atoms with Crippen LogP contribution in [0.2, 0.25) is 0 Å². The van der Waals surface area contributed by atoms with E-state index in [1.807, 2.05) is 0 Å². The number of amides is 2. The molecule has 0 spiro atoms. The maximum atomic E-state index is 11.6. The summed E-state index contributed by atoms with van der Waals surface area (Å²) in [6.45, 7) is 5.08. The van der Waals surface area contributed by atoms with E-state index in [1.54, 1.807) is 13.8 Å². The normalized spacial score (nSPS) is 12.2. The first kappa shape index (κ1) is 13.0. The number of nitrogens with one attached hydrogen (secondary N) is 1. The molecule has 0 aliphatic carbocycles. The zero-order valence-electron chi connectivity index (χ0n) is 10.2. The summed E-state index contributed by atoms with van der Waals surface area (Å²) in [6.07, 6.45) is 0. The highest BCUT2D eigenvalue weighted by Crippen LogP contribution is 2.14. The largest absolute Gasteiger partial charge is 0.396 e. The number of rotatable bonds is 4. The van der Waals surface area contributed by atoms with Gasteiger partial charge in [-0.2, -0.15) is 5.10 Å². The van der Waals surface area contributed by atoms with Crippen molar-refractivity contribution in [2.24, 2.45) is 5.73 Å². The molecule has 94 valence electrons. The van der Waals surface area contributed by atoms with E-state index < -0.39 is 11.9 Å². The summed E-state index contributed by atoms with van der Waals surface area (Å²) in [7, 11) is 0. The van der Waals surface area contributed by atoms with E-state index in [4.69, 9.17) is 11.5 Å². The molecular formula is C10H17N5O2. The molecule has 0 aliphatic rings. The van der Waals surface area contributed by atoms with Gasteiger partial charge in [0.2, 0.25) is 11.8 Å². The molecule has 1 unspecified atom stereocenters. The monoisotopic (exact) mass is 239 g/mol. The Kier molecular flexibility index (Phi) is 3.72. The van der Waals surface area contributed by atoms with Crippen molar-refractivity contribution >= 4 is 17.5 Å². The fourth-order valence-electron chi connectivity index (χ4n) is 1.36. The first-order chi connectivity index (χ1) is 7.82. The highest BCUT2D eigenvalue weighted by atomic mass is 16.2. The van der Waals surface area contributed by atoms with E-state index in [0.717, 1.165) is 5.69 Å². The summed E-state index contributed by atoms with van der Waals surface area (Å²) in [6, 6.07) is -0.697. The van der Waals surface area contributed by atoms with Gasteiger partial charge in [0.15, 0.2) is 0 Å². The zero-order chi connectivity index (χ0) is 13.2. The van der Waals surface area contributed by atoms with Crippen LogP contribution in [0.25, 0.3) is 0 Å². The number of hydrogen-bond acceptors (Lipinski definition) is 4. The molecule has 1 aromatic rings. The van der Waals surface area contributed by atoms with Crippen molar-refractivity contribution in [2.45, 2.75) is 33.4 Å². The lowest BCUT2D eigenvalue weighted by molar-refractivity contribution is -0.127. The average Bonchev–Trinajstić information content (AvgIpc) is 2.46. The molecule has 1 aromatic heterocycles. The van der Waals surface area contributed by atoms with Crippen LogP contribution in [0.3, 0.4) is 0 Å². The second kappa shape index (κ2) is 4.86. The lowest BCUT2D eigenvalue weighted by Crippen LogP contribution is -2.43. The number of carbonyl (C=O) groups is 2. The van der Waals surface area contributed by atoms with Gasteiger partial charge in [-0.15, -0.1) is 0 Å². The molecule has 1 heterocycles. The number of primary amides is 1. The minimum absolute atomic E-state index is 0.0154. The van der Waals surface area contributed by atoms with E-state index in [1.165, 1.54) is 11.6 Å². The lowest BCUT2D eigenvalue weighted by atomic mass is 10.3. The Hall–Kier alpha value is -2.05. The van der Waals surface area contributed by atoms with E-state index in [-0.39, 0.29) is 12.5 Å². The maximum absolute atomic E-state index is 11.6. The van der Waals surface area contributed by atoms with Crippen LogP contribution >= 0.6 is 0 Å². The molecule has 0 aromatic carbocycles. The van der Waals surface area contributed by atoms with E-state index in [0.29, 0.717) is 11.4 Å². The molecule has 0 saturated heterocycles. The van der Waals surface area contributed by atoms with Crippen molar-refractivity contribution in [2.75, 3.05) is 5.73 Å². The fourth-order valence-corrected chi connectivity index (χ4v) is 1.36. The Morgan fingerprint density at radius 2 is 2.06 bits per heavy atom. The summed E-state index contributed by atoms with van der Waals surface area (Å²) < 4.78 is 1.49. The first-order valence-corrected chi connectivity index (χ1v) is 5.21. The van der Waals surface area contributed by atoms with Crippen LogP contribution in [-0.2, 0) is 16.1 Å². The Bertz CT molecular complexity index is 452. The Labute approximate surface area is 99.1 Å². The van der Waals surface area contributed by atoms with Gasteiger partial charge < -0.3 is 16.8 Å². The second-order valence-electron chi connectivity index (χ2n) is 3.93. The standard InChI is InChI=1S/C10H17N5O2/c1-5-9(11)7(3)15(14-5)4-8(16)13-6(2)10(12)17/h6H,4,11H2,1-3H3,(H2,12,17)(H,13,16). The van der Waals surface area contributed by atoms with Gasteiger partial charge in [-0.25, -0.2) is 0 Å². The molecule has 2 amide bonds. The van der Waals surface area contributed by atoms with Crippen molar-refractivity contribution in [1.82, 2.24) is 15.1 Å². The van der Waals surface area contributed by atoms with E-state index >= 15 is 0 Å². The molecule has 0 fully saturated rings. The van der Waals surface area contributed by atoms with Gasteiger partial charge in [0.05, 0.1) is 17.1 Å². The smallest absolute Gasteiger partial charge is 0.242 e. The molecule has 7 heteroatoms. The summed E-state index contributed by atoms with van der Waals surface area (Å²) >= 11 is 0. The quantitative estimate of drug-likeness (QED) is 0.629. The number of anilines is 1. The lowest BCUT2D eigenvalue weighted by Gasteiger charge is -2.10. The number of hydrogen-bond donors (Lipinski definition) is 3. The Morgan fingerprint density at radius 1 is 1.47 bits per heavy atom. The van der Waals surface area contributed by atoms with Crippen LogP contribution in [0.15, 0.2) is 0 Å².